The lowest BCUT2D eigenvalue weighted by atomic mass is 10.2. The van der Waals surface area contributed by atoms with E-state index in [-0.39, 0.29) is 18.2 Å². The molecule has 118 valence electrons. The molecule has 2 rings (SSSR count). The number of hydrogen-bond acceptors (Lipinski definition) is 4. The molecule has 0 spiro atoms. The summed E-state index contributed by atoms with van der Waals surface area (Å²) in [5.41, 5.74) is 7.05. The van der Waals surface area contributed by atoms with Crippen LogP contribution >= 0.6 is 12.4 Å². The minimum Gasteiger partial charge on any atom is -0.497 e. The van der Waals surface area contributed by atoms with Gasteiger partial charge in [-0.2, -0.15) is 0 Å². The Kier molecular flexibility index (Phi) is 6.53. The van der Waals surface area contributed by atoms with E-state index in [1.54, 1.807) is 32.4 Å². The Morgan fingerprint density at radius 2 is 1.82 bits per heavy atom. The van der Waals surface area contributed by atoms with Crippen molar-refractivity contribution in [1.29, 1.82) is 5.41 Å². The van der Waals surface area contributed by atoms with E-state index in [1.165, 1.54) is 0 Å². The second-order valence-electron chi connectivity index (χ2n) is 4.42. The second kappa shape index (κ2) is 8.14. The zero-order valence-electron chi connectivity index (χ0n) is 12.5. The van der Waals surface area contributed by atoms with Crippen molar-refractivity contribution < 1.29 is 14.2 Å². The molecule has 0 saturated carbocycles. The molecule has 0 atom stereocenters. The quantitative estimate of drug-likeness (QED) is 0.633. The molecule has 0 aliphatic carbocycles. The predicted octanol–water partition coefficient (Wildman–Crippen LogP) is 2.99. The average Bonchev–Trinajstić information content (AvgIpc) is 2.52. The topological polar surface area (TPSA) is 77.6 Å². The summed E-state index contributed by atoms with van der Waals surface area (Å²) in [5.74, 6) is 1.93. The molecule has 6 heteroatoms. The summed E-state index contributed by atoms with van der Waals surface area (Å²) in [7, 11) is 3.18. The smallest absolute Gasteiger partial charge is 0.161 e. The van der Waals surface area contributed by atoms with Crippen LogP contribution in [0, 0.1) is 5.41 Å². The lowest BCUT2D eigenvalue weighted by molar-refractivity contribution is 0.284. The van der Waals surface area contributed by atoms with Crippen molar-refractivity contribution in [2.24, 2.45) is 5.73 Å². The van der Waals surface area contributed by atoms with E-state index in [0.29, 0.717) is 23.7 Å². The van der Waals surface area contributed by atoms with Crippen molar-refractivity contribution in [3.8, 4) is 17.2 Å². The number of ether oxygens (including phenoxy) is 3. The number of halogens is 1. The largest absolute Gasteiger partial charge is 0.497 e. The Labute approximate surface area is 135 Å². The Morgan fingerprint density at radius 3 is 2.45 bits per heavy atom. The molecular weight excluding hydrogens is 304 g/mol. The van der Waals surface area contributed by atoms with Gasteiger partial charge >= 0.3 is 0 Å². The standard InChI is InChI=1S/C16H18N2O3.ClH/c1-19-13-5-3-4-11(8-13)10-21-14-7-6-12(16(17)18)9-15(14)20-2;/h3-9H,10H2,1-2H3,(H3,17,18);1H. The van der Waals surface area contributed by atoms with Crippen LogP contribution in [0.3, 0.4) is 0 Å². The molecule has 0 fully saturated rings. The first-order chi connectivity index (χ1) is 10.1. The van der Waals surface area contributed by atoms with Crippen LogP contribution in [0.15, 0.2) is 42.5 Å². The third kappa shape index (κ3) is 4.30. The van der Waals surface area contributed by atoms with Crippen LogP contribution in [-0.2, 0) is 6.61 Å². The normalized spacial score (nSPS) is 9.55. The number of nitrogens with one attached hydrogen (secondary N) is 1. The van der Waals surface area contributed by atoms with Crippen molar-refractivity contribution in [2.75, 3.05) is 14.2 Å². The molecule has 0 aromatic heterocycles. The Morgan fingerprint density at radius 1 is 1.05 bits per heavy atom. The van der Waals surface area contributed by atoms with Gasteiger partial charge < -0.3 is 19.9 Å². The molecule has 0 aliphatic rings. The molecule has 5 nitrogen and oxygen atoms in total. The van der Waals surface area contributed by atoms with Crippen molar-refractivity contribution in [2.45, 2.75) is 6.61 Å². The molecular formula is C16H19ClN2O3. The van der Waals surface area contributed by atoms with Crippen LogP contribution in [0.1, 0.15) is 11.1 Å². The van der Waals surface area contributed by atoms with Gasteiger partial charge in [0.1, 0.15) is 18.2 Å². The molecule has 0 unspecified atom stereocenters. The highest BCUT2D eigenvalue weighted by atomic mass is 35.5. The highest BCUT2D eigenvalue weighted by molar-refractivity contribution is 5.95. The maximum absolute atomic E-state index is 7.43. The van der Waals surface area contributed by atoms with E-state index in [2.05, 4.69) is 0 Å². The van der Waals surface area contributed by atoms with Crippen LogP contribution in [0.2, 0.25) is 0 Å². The SMILES string of the molecule is COc1cccc(COc2ccc(C(=N)N)cc2OC)c1.Cl. The molecule has 2 aromatic carbocycles. The molecule has 0 bridgehead atoms. The number of rotatable bonds is 6. The van der Waals surface area contributed by atoms with E-state index in [9.17, 15) is 0 Å². The van der Waals surface area contributed by atoms with E-state index < -0.39 is 0 Å². The summed E-state index contributed by atoms with van der Waals surface area (Å²) in [4.78, 5) is 0. The summed E-state index contributed by atoms with van der Waals surface area (Å²) < 4.78 is 16.2. The lowest BCUT2D eigenvalue weighted by Gasteiger charge is -2.12. The highest BCUT2D eigenvalue weighted by Crippen LogP contribution is 2.29. The summed E-state index contributed by atoms with van der Waals surface area (Å²) >= 11 is 0. The number of nitrogens with two attached hydrogens (primary N) is 1. The Hall–Kier alpha value is -2.40. The van der Waals surface area contributed by atoms with Gasteiger partial charge in [0.2, 0.25) is 0 Å². The molecule has 0 saturated heterocycles. The van der Waals surface area contributed by atoms with Gasteiger partial charge in [-0.15, -0.1) is 12.4 Å². The van der Waals surface area contributed by atoms with Gasteiger partial charge in [0, 0.05) is 5.56 Å². The molecule has 22 heavy (non-hydrogen) atoms. The van der Waals surface area contributed by atoms with Crippen LogP contribution < -0.4 is 19.9 Å². The average molecular weight is 323 g/mol. The zero-order chi connectivity index (χ0) is 15.2. The summed E-state index contributed by atoms with van der Waals surface area (Å²) in [6, 6.07) is 12.8. The van der Waals surface area contributed by atoms with E-state index in [4.69, 9.17) is 25.4 Å². The van der Waals surface area contributed by atoms with Crippen LogP contribution in [0.5, 0.6) is 17.2 Å². The van der Waals surface area contributed by atoms with E-state index >= 15 is 0 Å². The zero-order valence-corrected chi connectivity index (χ0v) is 13.3. The first-order valence-electron chi connectivity index (χ1n) is 6.42. The molecule has 2 aromatic rings. The van der Waals surface area contributed by atoms with Gasteiger partial charge in [0.15, 0.2) is 11.5 Å². The monoisotopic (exact) mass is 322 g/mol. The van der Waals surface area contributed by atoms with Crippen LogP contribution in [0.25, 0.3) is 0 Å². The number of benzene rings is 2. The molecule has 0 heterocycles. The summed E-state index contributed by atoms with van der Waals surface area (Å²) in [5, 5.41) is 7.43. The third-order valence-electron chi connectivity index (χ3n) is 3.00. The predicted molar refractivity (Wildman–Crippen MR) is 88.6 cm³/mol. The first kappa shape index (κ1) is 17.7. The van der Waals surface area contributed by atoms with Gasteiger partial charge in [-0.3, -0.25) is 5.41 Å². The van der Waals surface area contributed by atoms with Crippen molar-refractivity contribution in [3.63, 3.8) is 0 Å². The van der Waals surface area contributed by atoms with E-state index in [1.807, 2.05) is 24.3 Å². The Balaban J connectivity index is 0.00000242. The van der Waals surface area contributed by atoms with Crippen molar-refractivity contribution in [3.05, 3.63) is 53.6 Å². The number of hydrogen-bond donors (Lipinski definition) is 2. The minimum atomic E-state index is -0.00681. The minimum absolute atomic E-state index is 0. The van der Waals surface area contributed by atoms with Crippen molar-refractivity contribution >= 4 is 18.2 Å². The fourth-order valence-electron chi connectivity index (χ4n) is 1.88. The number of nitrogen functional groups attached to an aromatic ring is 1. The fraction of sp³-hybridized carbons (Fsp3) is 0.188. The van der Waals surface area contributed by atoms with Gasteiger partial charge in [0.25, 0.3) is 0 Å². The maximum Gasteiger partial charge on any atom is 0.161 e. The number of amidine groups is 1. The van der Waals surface area contributed by atoms with Crippen LogP contribution in [0.4, 0.5) is 0 Å². The lowest BCUT2D eigenvalue weighted by Crippen LogP contribution is -2.11. The van der Waals surface area contributed by atoms with Gasteiger partial charge in [-0.25, -0.2) is 0 Å². The van der Waals surface area contributed by atoms with Crippen LogP contribution in [-0.4, -0.2) is 20.1 Å². The fourth-order valence-corrected chi connectivity index (χ4v) is 1.88. The summed E-state index contributed by atoms with van der Waals surface area (Å²) in [6.45, 7) is 0.396. The highest BCUT2D eigenvalue weighted by Gasteiger charge is 2.08. The number of methoxy groups -OCH3 is 2. The third-order valence-corrected chi connectivity index (χ3v) is 3.00. The first-order valence-corrected chi connectivity index (χ1v) is 6.42. The van der Waals surface area contributed by atoms with Gasteiger partial charge in [-0.05, 0) is 35.9 Å². The van der Waals surface area contributed by atoms with Crippen molar-refractivity contribution in [1.82, 2.24) is 0 Å². The van der Waals surface area contributed by atoms with Gasteiger partial charge in [-0.1, -0.05) is 12.1 Å². The second-order valence-corrected chi connectivity index (χ2v) is 4.42. The molecule has 0 radical (unpaired) electrons. The van der Waals surface area contributed by atoms with Gasteiger partial charge in [0.05, 0.1) is 14.2 Å². The molecule has 0 aliphatic heterocycles. The maximum atomic E-state index is 7.43. The molecule has 0 amide bonds. The summed E-state index contributed by atoms with van der Waals surface area (Å²) in [6.07, 6.45) is 0. The Bertz CT molecular complexity index is 647. The molecule has 3 N–H and O–H groups in total. The van der Waals surface area contributed by atoms with E-state index in [0.717, 1.165) is 11.3 Å².